The van der Waals surface area contributed by atoms with E-state index in [0.717, 1.165) is 17.8 Å². The molecule has 0 bridgehead atoms. The summed E-state index contributed by atoms with van der Waals surface area (Å²) in [5, 5.41) is 1.27. The summed E-state index contributed by atoms with van der Waals surface area (Å²) in [7, 11) is 0. The van der Waals surface area contributed by atoms with Gasteiger partial charge in [0.15, 0.2) is 0 Å². The average Bonchev–Trinajstić information content (AvgIpc) is 2.35. The molecule has 17 heavy (non-hydrogen) atoms. The lowest BCUT2D eigenvalue weighted by molar-refractivity contribution is -0.106. The van der Waals surface area contributed by atoms with E-state index in [0.29, 0.717) is 10.0 Å². The van der Waals surface area contributed by atoms with Gasteiger partial charge in [-0.25, -0.2) is 0 Å². The normalized spacial score (nSPS) is 10.0. The molecule has 0 aliphatic heterocycles. The van der Waals surface area contributed by atoms with Crippen molar-refractivity contribution >= 4 is 41.0 Å². The molecular weight excluding hydrogens is 257 g/mol. The summed E-state index contributed by atoms with van der Waals surface area (Å²) in [5.74, 6) is 0. The second-order valence-electron chi connectivity index (χ2n) is 3.43. The van der Waals surface area contributed by atoms with E-state index in [9.17, 15) is 4.79 Å². The molecule has 2 aromatic rings. The van der Waals surface area contributed by atoms with Gasteiger partial charge in [0.05, 0.1) is 0 Å². The van der Waals surface area contributed by atoms with Crippen molar-refractivity contribution in [3.05, 3.63) is 58.6 Å². The van der Waals surface area contributed by atoms with Crippen LogP contribution in [0.5, 0.6) is 0 Å². The van der Waals surface area contributed by atoms with Crippen LogP contribution in [0.25, 0.3) is 0 Å². The highest BCUT2D eigenvalue weighted by atomic mass is 35.5. The molecule has 86 valence electrons. The van der Waals surface area contributed by atoms with Gasteiger partial charge in [-0.15, -0.1) is 0 Å². The van der Waals surface area contributed by atoms with Crippen LogP contribution < -0.4 is 4.90 Å². The molecule has 2 aromatic carbocycles. The molecule has 4 heteroatoms. The van der Waals surface area contributed by atoms with Crippen molar-refractivity contribution in [1.82, 2.24) is 0 Å². The average molecular weight is 266 g/mol. The van der Waals surface area contributed by atoms with E-state index in [-0.39, 0.29) is 0 Å². The van der Waals surface area contributed by atoms with E-state index in [4.69, 9.17) is 23.2 Å². The van der Waals surface area contributed by atoms with Gasteiger partial charge in [-0.3, -0.25) is 9.69 Å². The Morgan fingerprint density at radius 3 is 1.41 bits per heavy atom. The Hall–Kier alpha value is -1.51. The zero-order chi connectivity index (χ0) is 12.3. The lowest BCUT2D eigenvalue weighted by Crippen LogP contribution is -2.13. The molecule has 0 aromatic heterocycles. The van der Waals surface area contributed by atoms with E-state index >= 15 is 0 Å². The summed E-state index contributed by atoms with van der Waals surface area (Å²) in [6.45, 7) is 0. The van der Waals surface area contributed by atoms with Gasteiger partial charge in [0, 0.05) is 21.4 Å². The highest BCUT2D eigenvalue weighted by Gasteiger charge is 2.07. The Balaban J connectivity index is 2.36. The van der Waals surface area contributed by atoms with Crippen molar-refractivity contribution in [3.8, 4) is 0 Å². The second-order valence-corrected chi connectivity index (χ2v) is 4.30. The Bertz CT molecular complexity index is 462. The van der Waals surface area contributed by atoms with E-state index in [2.05, 4.69) is 0 Å². The minimum Gasteiger partial charge on any atom is -0.284 e. The SMILES string of the molecule is O=CN(c1ccc(Cl)cc1)c1ccc(Cl)cc1. The predicted octanol–water partition coefficient (Wildman–Crippen LogP) is 4.29. The Morgan fingerprint density at radius 1 is 0.765 bits per heavy atom. The molecule has 0 saturated heterocycles. The summed E-state index contributed by atoms with van der Waals surface area (Å²) in [6.07, 6.45) is 0.756. The molecule has 2 nitrogen and oxygen atoms in total. The highest BCUT2D eigenvalue weighted by Crippen LogP contribution is 2.26. The number of hydrogen-bond acceptors (Lipinski definition) is 1. The molecule has 0 aliphatic rings. The maximum Gasteiger partial charge on any atom is 0.218 e. The van der Waals surface area contributed by atoms with E-state index in [1.54, 1.807) is 48.5 Å². The number of amides is 1. The van der Waals surface area contributed by atoms with Crippen molar-refractivity contribution in [2.24, 2.45) is 0 Å². The van der Waals surface area contributed by atoms with Crippen LogP contribution in [0.15, 0.2) is 48.5 Å². The fourth-order valence-electron chi connectivity index (χ4n) is 1.47. The van der Waals surface area contributed by atoms with E-state index in [1.807, 2.05) is 0 Å². The number of benzene rings is 2. The third kappa shape index (κ3) is 2.78. The molecule has 0 heterocycles. The third-order valence-corrected chi connectivity index (χ3v) is 2.82. The molecule has 0 unspecified atom stereocenters. The maximum atomic E-state index is 11.1. The smallest absolute Gasteiger partial charge is 0.218 e. The van der Waals surface area contributed by atoms with E-state index in [1.165, 1.54) is 4.90 Å². The zero-order valence-electron chi connectivity index (χ0n) is 8.81. The van der Waals surface area contributed by atoms with Crippen LogP contribution >= 0.6 is 23.2 Å². The first-order chi connectivity index (χ1) is 8.20. The molecule has 0 radical (unpaired) electrons. The van der Waals surface area contributed by atoms with Crippen LogP contribution in [0.3, 0.4) is 0 Å². The van der Waals surface area contributed by atoms with E-state index < -0.39 is 0 Å². The van der Waals surface area contributed by atoms with Gasteiger partial charge in [-0.2, -0.15) is 0 Å². The van der Waals surface area contributed by atoms with Gasteiger partial charge in [0.1, 0.15) is 0 Å². The van der Waals surface area contributed by atoms with Crippen LogP contribution in [0.2, 0.25) is 10.0 Å². The summed E-state index contributed by atoms with van der Waals surface area (Å²) in [5.41, 5.74) is 1.51. The number of carbonyl (C=O) groups excluding carboxylic acids is 1. The minimum atomic E-state index is 0.635. The molecule has 0 aliphatic carbocycles. The molecule has 0 spiro atoms. The number of carbonyl (C=O) groups is 1. The second kappa shape index (κ2) is 5.21. The zero-order valence-corrected chi connectivity index (χ0v) is 10.3. The first kappa shape index (κ1) is 12.0. The predicted molar refractivity (Wildman–Crippen MR) is 71.1 cm³/mol. The first-order valence-electron chi connectivity index (χ1n) is 4.96. The van der Waals surface area contributed by atoms with Crippen molar-refractivity contribution in [3.63, 3.8) is 0 Å². The molecule has 0 N–H and O–H groups in total. The molecule has 0 atom stereocenters. The van der Waals surface area contributed by atoms with Gasteiger partial charge in [-0.1, -0.05) is 23.2 Å². The van der Waals surface area contributed by atoms with Crippen LogP contribution in [0, 0.1) is 0 Å². The third-order valence-electron chi connectivity index (χ3n) is 2.32. The summed E-state index contributed by atoms with van der Waals surface area (Å²) in [4.78, 5) is 12.7. The summed E-state index contributed by atoms with van der Waals surface area (Å²) >= 11 is 11.6. The first-order valence-corrected chi connectivity index (χ1v) is 5.72. The molecule has 1 amide bonds. The van der Waals surface area contributed by atoms with Gasteiger partial charge < -0.3 is 0 Å². The summed E-state index contributed by atoms with van der Waals surface area (Å²) in [6, 6.07) is 14.1. The number of halogens is 2. The van der Waals surface area contributed by atoms with Gasteiger partial charge >= 0.3 is 0 Å². The highest BCUT2D eigenvalue weighted by molar-refractivity contribution is 6.31. The number of nitrogens with zero attached hydrogens (tertiary/aromatic N) is 1. The largest absolute Gasteiger partial charge is 0.284 e. The van der Waals surface area contributed by atoms with Crippen molar-refractivity contribution in [2.75, 3.05) is 4.90 Å². The van der Waals surface area contributed by atoms with Crippen molar-refractivity contribution < 1.29 is 4.79 Å². The molecule has 0 fully saturated rings. The molecular formula is C13H9Cl2NO. The van der Waals surface area contributed by atoms with Crippen LogP contribution in [0.4, 0.5) is 11.4 Å². The standard InChI is InChI=1S/C13H9Cl2NO/c14-10-1-5-12(6-2-10)16(9-17)13-7-3-11(15)4-8-13/h1-9H. The fraction of sp³-hybridized carbons (Fsp3) is 0. The number of hydrogen-bond donors (Lipinski definition) is 0. The van der Waals surface area contributed by atoms with Gasteiger partial charge in [0.25, 0.3) is 0 Å². The molecule has 0 saturated carbocycles. The van der Waals surface area contributed by atoms with Crippen LogP contribution in [-0.4, -0.2) is 6.41 Å². The Morgan fingerprint density at radius 2 is 1.12 bits per heavy atom. The summed E-state index contributed by atoms with van der Waals surface area (Å²) < 4.78 is 0. The van der Waals surface area contributed by atoms with Gasteiger partial charge in [0.2, 0.25) is 6.41 Å². The topological polar surface area (TPSA) is 20.3 Å². The van der Waals surface area contributed by atoms with Crippen LogP contribution in [-0.2, 0) is 4.79 Å². The minimum absolute atomic E-state index is 0.635. The lowest BCUT2D eigenvalue weighted by atomic mass is 10.2. The van der Waals surface area contributed by atoms with Crippen molar-refractivity contribution in [2.45, 2.75) is 0 Å². The van der Waals surface area contributed by atoms with Crippen LogP contribution in [0.1, 0.15) is 0 Å². The van der Waals surface area contributed by atoms with Gasteiger partial charge in [-0.05, 0) is 48.5 Å². The van der Waals surface area contributed by atoms with Crippen molar-refractivity contribution in [1.29, 1.82) is 0 Å². The fourth-order valence-corrected chi connectivity index (χ4v) is 1.73. The maximum absolute atomic E-state index is 11.1. The lowest BCUT2D eigenvalue weighted by Gasteiger charge is -2.17. The monoisotopic (exact) mass is 265 g/mol. The number of anilines is 2. The quantitative estimate of drug-likeness (QED) is 0.759. The molecule has 2 rings (SSSR count). The Kier molecular flexibility index (Phi) is 3.67. The Labute approximate surface area is 109 Å². The number of rotatable bonds is 3.